The zero-order chi connectivity index (χ0) is 16.6. The lowest BCUT2D eigenvalue weighted by Gasteiger charge is -2.39. The molecule has 1 unspecified atom stereocenters. The fourth-order valence-corrected chi connectivity index (χ4v) is 5.66. The van der Waals surface area contributed by atoms with E-state index >= 15 is 0 Å². The van der Waals surface area contributed by atoms with Crippen molar-refractivity contribution in [2.45, 2.75) is 25.4 Å². The third kappa shape index (κ3) is 3.86. The number of hydrogen-bond donors (Lipinski definition) is 1. The Morgan fingerprint density at radius 1 is 0.960 bits per heavy atom. The number of benzene rings is 1. The van der Waals surface area contributed by atoms with Gasteiger partial charge in [0, 0.05) is 51.9 Å². The van der Waals surface area contributed by atoms with Gasteiger partial charge in [0.2, 0.25) is 0 Å². The molecule has 0 amide bonds. The van der Waals surface area contributed by atoms with Crippen molar-refractivity contribution in [3.63, 3.8) is 0 Å². The van der Waals surface area contributed by atoms with E-state index in [2.05, 4.69) is 16.3 Å². The van der Waals surface area contributed by atoms with Gasteiger partial charge in [-0.05, 0) is 30.5 Å². The van der Waals surface area contributed by atoms with Gasteiger partial charge in [-0.3, -0.25) is 4.90 Å². The van der Waals surface area contributed by atoms with Gasteiger partial charge in [-0.25, -0.2) is 0 Å². The molecule has 0 radical (unpaired) electrons. The third-order valence-corrected chi connectivity index (χ3v) is 7.55. The molecule has 0 aliphatic carbocycles. The molecule has 0 spiro atoms. The Morgan fingerprint density at radius 3 is 2.36 bits per heavy atom. The second-order valence-corrected chi connectivity index (χ2v) is 8.87. The summed E-state index contributed by atoms with van der Waals surface area (Å²) >= 11 is 0. The van der Waals surface area contributed by atoms with Crippen LogP contribution < -0.4 is 5.32 Å². The van der Waals surface area contributed by atoms with Crippen molar-refractivity contribution in [2.75, 3.05) is 45.8 Å². The maximum atomic E-state index is 13.0. The summed E-state index contributed by atoms with van der Waals surface area (Å²) in [5.41, 5.74) is 2.42. The molecule has 1 aromatic rings. The fraction of sp³-hybridized carbons (Fsp3) is 0.647. The zero-order valence-electron chi connectivity index (χ0n) is 14.4. The Bertz CT molecular complexity index is 686. The summed E-state index contributed by atoms with van der Waals surface area (Å²) in [6, 6.07) is 8.75. The summed E-state index contributed by atoms with van der Waals surface area (Å²) in [4.78, 5) is 2.44. The number of halogens is 1. The van der Waals surface area contributed by atoms with Crippen LogP contribution in [0.4, 0.5) is 0 Å². The van der Waals surface area contributed by atoms with E-state index < -0.39 is 10.2 Å². The summed E-state index contributed by atoms with van der Waals surface area (Å²) in [5.74, 6) is 0. The van der Waals surface area contributed by atoms with Gasteiger partial charge in [0.1, 0.15) is 0 Å². The summed E-state index contributed by atoms with van der Waals surface area (Å²) in [7, 11) is -3.35. The lowest BCUT2D eigenvalue weighted by atomic mass is 10.0. The smallest absolute Gasteiger partial charge is 0.282 e. The van der Waals surface area contributed by atoms with E-state index in [0.29, 0.717) is 32.2 Å². The normalized spacial score (nSPS) is 26.2. The van der Waals surface area contributed by atoms with Gasteiger partial charge in [0.25, 0.3) is 10.2 Å². The maximum Gasteiger partial charge on any atom is 0.282 e. The predicted molar refractivity (Wildman–Crippen MR) is 101 cm³/mol. The number of nitrogens with one attached hydrogen (secondary N) is 1. The molecular formula is C17H27ClN4O2S. The van der Waals surface area contributed by atoms with Crippen LogP contribution in [0.3, 0.4) is 0 Å². The van der Waals surface area contributed by atoms with Crippen molar-refractivity contribution in [3.8, 4) is 0 Å². The molecule has 2 fully saturated rings. The van der Waals surface area contributed by atoms with E-state index in [-0.39, 0.29) is 12.4 Å². The molecule has 3 heterocycles. The minimum atomic E-state index is -3.35. The van der Waals surface area contributed by atoms with Crippen LogP contribution >= 0.6 is 12.4 Å². The van der Waals surface area contributed by atoms with E-state index in [1.807, 2.05) is 18.2 Å². The molecule has 3 aliphatic rings. The van der Waals surface area contributed by atoms with Crippen molar-refractivity contribution in [2.24, 2.45) is 0 Å². The van der Waals surface area contributed by atoms with E-state index in [9.17, 15) is 8.42 Å². The largest absolute Gasteiger partial charge is 0.315 e. The topological polar surface area (TPSA) is 55.9 Å². The molecule has 1 atom stereocenters. The molecule has 140 valence electrons. The molecule has 4 rings (SSSR count). The van der Waals surface area contributed by atoms with Crippen LogP contribution in [0.15, 0.2) is 24.3 Å². The molecule has 0 saturated carbocycles. The standard InChI is InChI=1S/C17H26N4O2S.ClH/c22-24(23,21-8-6-15-3-1-2-4-16(15)14-21)20-11-9-19(10-12-20)17-5-7-18-13-17;/h1-4,17-18H,5-14H2;1H. The van der Waals surface area contributed by atoms with Crippen molar-refractivity contribution in [3.05, 3.63) is 35.4 Å². The van der Waals surface area contributed by atoms with Crippen LogP contribution in [-0.4, -0.2) is 73.8 Å². The molecule has 0 bridgehead atoms. The van der Waals surface area contributed by atoms with Crippen LogP contribution in [0.1, 0.15) is 17.5 Å². The molecule has 3 aliphatic heterocycles. The highest BCUT2D eigenvalue weighted by atomic mass is 35.5. The highest BCUT2D eigenvalue weighted by molar-refractivity contribution is 7.86. The highest BCUT2D eigenvalue weighted by Gasteiger charge is 2.35. The first-order chi connectivity index (χ1) is 11.6. The average molecular weight is 387 g/mol. The Balaban J connectivity index is 0.00000182. The van der Waals surface area contributed by atoms with Crippen molar-refractivity contribution < 1.29 is 8.42 Å². The van der Waals surface area contributed by atoms with Crippen LogP contribution in [0.25, 0.3) is 0 Å². The van der Waals surface area contributed by atoms with Crippen LogP contribution in [0, 0.1) is 0 Å². The summed E-state index contributed by atoms with van der Waals surface area (Å²) in [6.45, 7) is 6.11. The first kappa shape index (κ1) is 19.1. The minimum absolute atomic E-state index is 0. The minimum Gasteiger partial charge on any atom is -0.315 e. The number of rotatable bonds is 3. The van der Waals surface area contributed by atoms with Crippen LogP contribution in [0.5, 0.6) is 0 Å². The monoisotopic (exact) mass is 386 g/mol. The number of piperazine rings is 1. The molecule has 0 aromatic heterocycles. The zero-order valence-corrected chi connectivity index (χ0v) is 16.1. The average Bonchev–Trinajstić information content (AvgIpc) is 3.16. The first-order valence-corrected chi connectivity index (χ1v) is 10.3. The van der Waals surface area contributed by atoms with E-state index in [0.717, 1.165) is 38.2 Å². The highest BCUT2D eigenvalue weighted by Crippen LogP contribution is 2.23. The molecule has 1 aromatic carbocycles. The SMILES string of the molecule is Cl.O=S(=O)(N1CCN(C2CCNC2)CC1)N1CCc2ccccc2C1. The van der Waals surface area contributed by atoms with Gasteiger partial charge in [-0.1, -0.05) is 24.3 Å². The Morgan fingerprint density at radius 2 is 1.68 bits per heavy atom. The van der Waals surface area contributed by atoms with E-state index in [1.54, 1.807) is 8.61 Å². The lowest BCUT2D eigenvalue weighted by molar-refractivity contribution is 0.140. The van der Waals surface area contributed by atoms with Crippen molar-refractivity contribution in [1.29, 1.82) is 0 Å². The molecule has 25 heavy (non-hydrogen) atoms. The quantitative estimate of drug-likeness (QED) is 0.830. The number of nitrogens with zero attached hydrogens (tertiary/aromatic N) is 3. The Labute approximate surface area is 156 Å². The van der Waals surface area contributed by atoms with Gasteiger partial charge in [0.05, 0.1) is 0 Å². The number of fused-ring (bicyclic) bond motifs is 1. The predicted octanol–water partition coefficient (Wildman–Crippen LogP) is 0.691. The second kappa shape index (κ2) is 7.90. The molecule has 2 saturated heterocycles. The molecule has 6 nitrogen and oxygen atoms in total. The van der Waals surface area contributed by atoms with Gasteiger partial charge >= 0.3 is 0 Å². The van der Waals surface area contributed by atoms with Gasteiger partial charge in [0.15, 0.2) is 0 Å². The molecule has 8 heteroatoms. The number of hydrogen-bond acceptors (Lipinski definition) is 4. The first-order valence-electron chi connectivity index (χ1n) is 8.91. The third-order valence-electron chi connectivity index (χ3n) is 5.57. The Kier molecular flexibility index (Phi) is 6.03. The maximum absolute atomic E-state index is 13.0. The van der Waals surface area contributed by atoms with E-state index in [4.69, 9.17) is 0 Å². The summed E-state index contributed by atoms with van der Waals surface area (Å²) in [6.07, 6.45) is 1.98. The molecular weight excluding hydrogens is 360 g/mol. The summed E-state index contributed by atoms with van der Waals surface area (Å²) < 4.78 is 29.3. The molecule has 1 N–H and O–H groups in total. The summed E-state index contributed by atoms with van der Waals surface area (Å²) in [5, 5.41) is 3.39. The lowest BCUT2D eigenvalue weighted by Crippen LogP contribution is -2.55. The van der Waals surface area contributed by atoms with Crippen molar-refractivity contribution >= 4 is 22.6 Å². The van der Waals surface area contributed by atoms with Crippen molar-refractivity contribution in [1.82, 2.24) is 18.8 Å². The van der Waals surface area contributed by atoms with Gasteiger partial charge < -0.3 is 5.32 Å². The van der Waals surface area contributed by atoms with E-state index in [1.165, 1.54) is 12.0 Å². The van der Waals surface area contributed by atoms with Gasteiger partial charge in [-0.2, -0.15) is 17.0 Å². The van der Waals surface area contributed by atoms with Gasteiger partial charge in [-0.15, -0.1) is 12.4 Å². The van der Waals surface area contributed by atoms with Crippen LogP contribution in [-0.2, 0) is 23.2 Å². The Hall–Kier alpha value is -0.700. The fourth-order valence-electron chi connectivity index (χ4n) is 4.08. The van der Waals surface area contributed by atoms with Crippen LogP contribution in [0.2, 0.25) is 0 Å². The second-order valence-electron chi connectivity index (χ2n) is 6.94.